The number of unbranched alkanes of at least 4 members (excludes halogenated alkanes) is 4. The van der Waals surface area contributed by atoms with Crippen LogP contribution in [0.25, 0.3) is 0 Å². The zero-order valence-electron chi connectivity index (χ0n) is 11.5. The van der Waals surface area contributed by atoms with Crippen LogP contribution in [0.1, 0.15) is 66.7 Å². The molecule has 0 saturated heterocycles. The number of nitriles is 1. The van der Waals surface area contributed by atoms with Crippen LogP contribution in [0.4, 0.5) is 0 Å². The predicted octanol–water partition coefficient (Wildman–Crippen LogP) is 4.08. The highest BCUT2D eigenvalue weighted by Crippen LogP contribution is 2.00. The Morgan fingerprint density at radius 2 is 1.50 bits per heavy atom. The monoisotopic (exact) mass is 229 g/mol. The summed E-state index contributed by atoms with van der Waals surface area (Å²) < 4.78 is 4.40. The van der Waals surface area contributed by atoms with Gasteiger partial charge in [-0.3, -0.25) is 4.79 Å². The molecule has 0 heterocycles. The van der Waals surface area contributed by atoms with Crippen molar-refractivity contribution < 1.29 is 9.53 Å². The van der Waals surface area contributed by atoms with E-state index in [1.54, 1.807) is 13.0 Å². The predicted molar refractivity (Wildman–Crippen MR) is 68.0 cm³/mol. The van der Waals surface area contributed by atoms with Crippen molar-refractivity contribution in [2.75, 3.05) is 6.61 Å². The van der Waals surface area contributed by atoms with Crippen LogP contribution in [-0.2, 0) is 9.53 Å². The Balaban J connectivity index is -0.000000172. The number of hydrogen-bond donors (Lipinski definition) is 0. The van der Waals surface area contributed by atoms with Crippen molar-refractivity contribution in [3.05, 3.63) is 0 Å². The number of hydrogen-bond acceptors (Lipinski definition) is 3. The average Bonchev–Trinajstić information content (AvgIpc) is 2.20. The maximum atomic E-state index is 9.82. The van der Waals surface area contributed by atoms with Gasteiger partial charge in [0.05, 0.1) is 12.7 Å². The van der Waals surface area contributed by atoms with Crippen LogP contribution in [0.5, 0.6) is 0 Å². The highest BCUT2D eigenvalue weighted by atomic mass is 16.5. The summed E-state index contributed by atoms with van der Waals surface area (Å²) >= 11 is 0. The van der Waals surface area contributed by atoms with Crippen LogP contribution >= 0.6 is 0 Å². The van der Waals surface area contributed by atoms with Gasteiger partial charge < -0.3 is 4.74 Å². The van der Waals surface area contributed by atoms with Crippen LogP contribution in [0.15, 0.2) is 0 Å². The minimum Gasteiger partial charge on any atom is -0.466 e. The van der Waals surface area contributed by atoms with Gasteiger partial charge >= 0.3 is 5.97 Å². The summed E-state index contributed by atoms with van der Waals surface area (Å²) in [5, 5.41) is 7.32. The van der Waals surface area contributed by atoms with Crippen molar-refractivity contribution in [2.45, 2.75) is 66.7 Å². The Kier molecular flexibility index (Phi) is 30.1. The van der Waals surface area contributed by atoms with E-state index in [1.165, 1.54) is 46.0 Å². The van der Waals surface area contributed by atoms with Gasteiger partial charge in [0.1, 0.15) is 0 Å². The SMILES string of the molecule is CC#N.CCCCCCC.CCOC(C)=O. The summed E-state index contributed by atoms with van der Waals surface area (Å²) in [6.45, 7) is 9.57. The minimum absolute atomic E-state index is 0.211. The van der Waals surface area contributed by atoms with Crippen LogP contribution in [0.3, 0.4) is 0 Å². The molecule has 3 heteroatoms. The van der Waals surface area contributed by atoms with E-state index in [2.05, 4.69) is 18.6 Å². The molecular weight excluding hydrogens is 202 g/mol. The fourth-order valence-electron chi connectivity index (χ4n) is 0.880. The molecule has 0 aliphatic carbocycles. The number of esters is 1. The van der Waals surface area contributed by atoms with E-state index < -0.39 is 0 Å². The van der Waals surface area contributed by atoms with Gasteiger partial charge in [-0.15, -0.1) is 0 Å². The third-order valence-corrected chi connectivity index (χ3v) is 1.55. The fraction of sp³-hybridized carbons (Fsp3) is 0.846. The summed E-state index contributed by atoms with van der Waals surface area (Å²) in [6, 6.07) is 1.75. The highest BCUT2D eigenvalue weighted by Gasteiger charge is 1.81. The quantitative estimate of drug-likeness (QED) is 0.527. The Hall–Kier alpha value is -1.04. The molecule has 3 nitrogen and oxygen atoms in total. The third-order valence-electron chi connectivity index (χ3n) is 1.55. The van der Waals surface area contributed by atoms with Crippen molar-refractivity contribution >= 4 is 5.97 Å². The Morgan fingerprint density at radius 1 is 1.12 bits per heavy atom. The highest BCUT2D eigenvalue weighted by molar-refractivity contribution is 5.65. The topological polar surface area (TPSA) is 50.1 Å². The van der Waals surface area contributed by atoms with E-state index >= 15 is 0 Å². The first kappa shape index (κ1) is 20.4. The second kappa shape index (κ2) is 23.6. The molecule has 0 saturated carbocycles. The van der Waals surface area contributed by atoms with Gasteiger partial charge in [0, 0.05) is 13.8 Å². The van der Waals surface area contributed by atoms with Gasteiger partial charge in [-0.05, 0) is 6.92 Å². The number of carbonyl (C=O) groups excluding carboxylic acids is 1. The van der Waals surface area contributed by atoms with Gasteiger partial charge in [-0.1, -0.05) is 46.0 Å². The van der Waals surface area contributed by atoms with Gasteiger partial charge in [-0.25, -0.2) is 0 Å². The molecule has 0 aliphatic heterocycles. The van der Waals surface area contributed by atoms with Crippen LogP contribution in [-0.4, -0.2) is 12.6 Å². The van der Waals surface area contributed by atoms with Crippen molar-refractivity contribution in [2.24, 2.45) is 0 Å². The summed E-state index contributed by atoms with van der Waals surface area (Å²) in [5.74, 6) is -0.211. The molecule has 16 heavy (non-hydrogen) atoms. The van der Waals surface area contributed by atoms with Crippen LogP contribution in [0.2, 0.25) is 0 Å². The molecule has 0 aliphatic rings. The lowest BCUT2D eigenvalue weighted by molar-refractivity contribution is -0.140. The lowest BCUT2D eigenvalue weighted by Gasteiger charge is -1.90. The van der Waals surface area contributed by atoms with Gasteiger partial charge in [0.15, 0.2) is 0 Å². The first-order valence-electron chi connectivity index (χ1n) is 6.04. The van der Waals surface area contributed by atoms with Gasteiger partial charge in [0.25, 0.3) is 0 Å². The number of ether oxygens (including phenoxy) is 1. The molecule has 0 rings (SSSR count). The maximum absolute atomic E-state index is 9.82. The van der Waals surface area contributed by atoms with E-state index in [9.17, 15) is 4.79 Å². The molecular formula is C13H27NO2. The molecule has 0 spiro atoms. The molecule has 0 atom stereocenters. The molecule has 0 aromatic carbocycles. The lowest BCUT2D eigenvalue weighted by Crippen LogP contribution is -1.95. The Bertz CT molecular complexity index is 158. The molecule has 0 aromatic heterocycles. The van der Waals surface area contributed by atoms with E-state index in [4.69, 9.17) is 5.26 Å². The van der Waals surface area contributed by atoms with Gasteiger partial charge in [-0.2, -0.15) is 5.26 Å². The van der Waals surface area contributed by atoms with Crippen molar-refractivity contribution in [3.63, 3.8) is 0 Å². The number of carbonyl (C=O) groups is 1. The van der Waals surface area contributed by atoms with Crippen LogP contribution in [0, 0.1) is 11.3 Å². The molecule has 0 amide bonds. The fourth-order valence-corrected chi connectivity index (χ4v) is 0.880. The van der Waals surface area contributed by atoms with Gasteiger partial charge in [0.2, 0.25) is 0 Å². The van der Waals surface area contributed by atoms with E-state index in [-0.39, 0.29) is 5.97 Å². The standard InChI is InChI=1S/C7H16.C4H8O2.C2H3N/c1-3-5-7-6-4-2;1-3-6-4(2)5;1-2-3/h3-7H2,1-2H3;3H2,1-2H3;1H3. The molecule has 0 aromatic rings. The zero-order chi connectivity index (χ0) is 13.2. The maximum Gasteiger partial charge on any atom is 0.302 e. The second-order valence-corrected chi connectivity index (χ2v) is 3.21. The number of nitrogens with zero attached hydrogens (tertiary/aromatic N) is 1. The minimum atomic E-state index is -0.211. The van der Waals surface area contributed by atoms with Crippen molar-refractivity contribution in [1.82, 2.24) is 0 Å². The summed E-state index contributed by atoms with van der Waals surface area (Å²) in [6.07, 6.45) is 7.01. The lowest BCUT2D eigenvalue weighted by atomic mass is 10.2. The van der Waals surface area contributed by atoms with Crippen LogP contribution < -0.4 is 0 Å². The van der Waals surface area contributed by atoms with E-state index in [0.29, 0.717) is 6.61 Å². The smallest absolute Gasteiger partial charge is 0.302 e. The molecule has 0 fully saturated rings. The first-order chi connectivity index (χ1) is 7.60. The second-order valence-electron chi connectivity index (χ2n) is 3.21. The zero-order valence-corrected chi connectivity index (χ0v) is 11.5. The summed E-state index contributed by atoms with van der Waals surface area (Å²) in [4.78, 5) is 9.82. The molecule has 0 bridgehead atoms. The summed E-state index contributed by atoms with van der Waals surface area (Å²) in [7, 11) is 0. The number of rotatable bonds is 5. The molecule has 0 radical (unpaired) electrons. The molecule has 0 unspecified atom stereocenters. The Labute approximate surface area is 101 Å². The summed E-state index contributed by atoms with van der Waals surface area (Å²) in [5.41, 5.74) is 0. The first-order valence-corrected chi connectivity index (χ1v) is 6.04. The van der Waals surface area contributed by atoms with E-state index in [1.807, 2.05) is 0 Å². The largest absolute Gasteiger partial charge is 0.466 e. The molecule has 96 valence electrons. The normalized spacial score (nSPS) is 7.50. The van der Waals surface area contributed by atoms with Crippen molar-refractivity contribution in [1.29, 1.82) is 5.26 Å². The Morgan fingerprint density at radius 3 is 1.62 bits per heavy atom. The van der Waals surface area contributed by atoms with Crippen molar-refractivity contribution in [3.8, 4) is 6.07 Å². The van der Waals surface area contributed by atoms with E-state index in [0.717, 1.165) is 0 Å². The third kappa shape index (κ3) is 52.2. The molecule has 0 N–H and O–H groups in total. The average molecular weight is 229 g/mol.